The van der Waals surface area contributed by atoms with Gasteiger partial charge in [-0.25, -0.2) is 4.79 Å². The molecule has 1 amide bonds. The van der Waals surface area contributed by atoms with Gasteiger partial charge in [0.2, 0.25) is 5.91 Å². The summed E-state index contributed by atoms with van der Waals surface area (Å²) in [6, 6.07) is -0.721. The van der Waals surface area contributed by atoms with Crippen LogP contribution in [0, 0.1) is 0 Å². The number of methoxy groups -OCH3 is 1. The first-order chi connectivity index (χ1) is 7.13. The molecule has 15 heavy (non-hydrogen) atoms. The monoisotopic (exact) mass is 207 g/mol. The lowest BCUT2D eigenvalue weighted by Crippen LogP contribution is -2.43. The summed E-state index contributed by atoms with van der Waals surface area (Å²) in [6.07, 6.45) is 4.31. The lowest BCUT2D eigenvalue weighted by atomic mass is 10.1. The minimum Gasteiger partial charge on any atom is -0.467 e. The van der Waals surface area contributed by atoms with Gasteiger partial charge in [-0.15, -0.1) is 0 Å². The van der Waals surface area contributed by atoms with Crippen molar-refractivity contribution in [3.05, 3.63) is 23.9 Å². The summed E-state index contributed by atoms with van der Waals surface area (Å²) in [5.74, 6) is -1.10. The maximum atomic E-state index is 11.5. The first-order valence-electron chi connectivity index (χ1n) is 4.46. The molecule has 0 bridgehead atoms. The Bertz CT molecular complexity index is 408. The van der Waals surface area contributed by atoms with Crippen LogP contribution in [0.15, 0.2) is 23.9 Å². The molecule has 0 radical (unpaired) electrons. The van der Waals surface area contributed by atoms with Crippen LogP contribution in [0.4, 0.5) is 0 Å². The van der Waals surface area contributed by atoms with Gasteiger partial charge in [0.05, 0.1) is 13.5 Å². The molecule has 2 heterocycles. The van der Waals surface area contributed by atoms with E-state index in [0.717, 1.165) is 0 Å². The topological polar surface area (TPSA) is 63.7 Å². The molecular weight excluding hydrogens is 198 g/mol. The van der Waals surface area contributed by atoms with Crippen LogP contribution in [-0.2, 0) is 19.1 Å². The molecule has 0 aromatic heterocycles. The van der Waals surface area contributed by atoms with Crippen LogP contribution < -0.4 is 0 Å². The van der Waals surface area contributed by atoms with Crippen LogP contribution in [0.2, 0.25) is 0 Å². The number of ether oxygens (including phenoxy) is 1. The van der Waals surface area contributed by atoms with Crippen molar-refractivity contribution >= 4 is 17.7 Å². The molecule has 0 saturated heterocycles. The zero-order chi connectivity index (χ0) is 11.0. The maximum Gasteiger partial charge on any atom is 0.333 e. The molecule has 0 aromatic rings. The van der Waals surface area contributed by atoms with Crippen molar-refractivity contribution < 1.29 is 19.1 Å². The number of amides is 1. The highest BCUT2D eigenvalue weighted by Gasteiger charge is 2.37. The summed E-state index contributed by atoms with van der Waals surface area (Å²) in [6.45, 7) is 0. The van der Waals surface area contributed by atoms with Crippen LogP contribution in [0.3, 0.4) is 0 Å². The summed E-state index contributed by atoms with van der Waals surface area (Å²) >= 11 is 0. The Kier molecular flexibility index (Phi) is 2.15. The number of hydrogen-bond donors (Lipinski definition) is 0. The molecule has 0 aliphatic carbocycles. The van der Waals surface area contributed by atoms with Crippen LogP contribution in [0.25, 0.3) is 0 Å². The number of ketones is 1. The third kappa shape index (κ3) is 1.45. The van der Waals surface area contributed by atoms with E-state index in [4.69, 9.17) is 0 Å². The standard InChI is InChI=1S/C10H9NO4/c1-15-10(14)8-3-2-6-4-7(12)5-9(13)11(6)8/h2-4,8H,5H2,1H3/t8-/m0/s1. The Morgan fingerprint density at radius 2 is 2.27 bits per heavy atom. The molecule has 2 aliphatic rings. The van der Waals surface area contributed by atoms with E-state index in [0.29, 0.717) is 5.70 Å². The van der Waals surface area contributed by atoms with Gasteiger partial charge in [0, 0.05) is 11.8 Å². The summed E-state index contributed by atoms with van der Waals surface area (Å²) in [7, 11) is 1.26. The zero-order valence-electron chi connectivity index (χ0n) is 8.10. The quantitative estimate of drug-likeness (QED) is 0.440. The van der Waals surface area contributed by atoms with Crippen molar-refractivity contribution in [3.8, 4) is 0 Å². The molecule has 0 saturated carbocycles. The molecule has 0 fully saturated rings. The van der Waals surface area contributed by atoms with E-state index in [9.17, 15) is 14.4 Å². The number of rotatable bonds is 1. The van der Waals surface area contributed by atoms with Gasteiger partial charge in [0.1, 0.15) is 0 Å². The van der Waals surface area contributed by atoms with Gasteiger partial charge in [-0.3, -0.25) is 14.5 Å². The predicted octanol–water partition coefficient (Wildman–Crippen LogP) is -0.217. The average molecular weight is 207 g/mol. The van der Waals surface area contributed by atoms with Gasteiger partial charge in [-0.1, -0.05) is 0 Å². The van der Waals surface area contributed by atoms with Crippen molar-refractivity contribution in [3.63, 3.8) is 0 Å². The Morgan fingerprint density at radius 1 is 1.53 bits per heavy atom. The summed E-state index contributed by atoms with van der Waals surface area (Å²) in [5.41, 5.74) is 0.464. The second-order valence-corrected chi connectivity index (χ2v) is 3.30. The molecule has 0 aromatic carbocycles. The van der Waals surface area contributed by atoms with E-state index in [1.807, 2.05) is 0 Å². The van der Waals surface area contributed by atoms with E-state index < -0.39 is 12.0 Å². The van der Waals surface area contributed by atoms with Gasteiger partial charge >= 0.3 is 5.97 Å². The van der Waals surface area contributed by atoms with Crippen molar-refractivity contribution in [1.29, 1.82) is 0 Å². The number of nitrogens with zero attached hydrogens (tertiary/aromatic N) is 1. The fourth-order valence-corrected chi connectivity index (χ4v) is 1.69. The van der Waals surface area contributed by atoms with Gasteiger partial charge < -0.3 is 4.74 Å². The molecule has 0 N–H and O–H groups in total. The van der Waals surface area contributed by atoms with Crippen molar-refractivity contribution in [1.82, 2.24) is 4.90 Å². The molecule has 0 spiro atoms. The van der Waals surface area contributed by atoms with E-state index in [1.54, 1.807) is 12.2 Å². The van der Waals surface area contributed by atoms with Crippen LogP contribution in [0.5, 0.6) is 0 Å². The van der Waals surface area contributed by atoms with Crippen LogP contribution in [-0.4, -0.2) is 35.7 Å². The van der Waals surface area contributed by atoms with E-state index >= 15 is 0 Å². The minimum atomic E-state index is -0.721. The molecule has 2 aliphatic heterocycles. The summed E-state index contributed by atoms with van der Waals surface area (Å²) in [4.78, 5) is 35.2. The Labute approximate surface area is 86.0 Å². The fraction of sp³-hybridized carbons (Fsp3) is 0.300. The third-order valence-electron chi connectivity index (χ3n) is 2.35. The van der Waals surface area contributed by atoms with Gasteiger partial charge in [-0.2, -0.15) is 0 Å². The van der Waals surface area contributed by atoms with E-state index in [2.05, 4.69) is 4.74 Å². The minimum absolute atomic E-state index is 0.182. The van der Waals surface area contributed by atoms with Gasteiger partial charge in [0.15, 0.2) is 11.8 Å². The smallest absolute Gasteiger partial charge is 0.333 e. The molecule has 5 heteroatoms. The SMILES string of the molecule is COC(=O)[C@@H]1C=CC2=CC(=O)CC(=O)N21. The largest absolute Gasteiger partial charge is 0.467 e. The normalized spacial score (nSPS) is 23.9. The Morgan fingerprint density at radius 3 is 2.93 bits per heavy atom. The number of hydrogen-bond acceptors (Lipinski definition) is 4. The van der Waals surface area contributed by atoms with Gasteiger partial charge in [0.25, 0.3) is 0 Å². The molecule has 2 rings (SSSR count). The van der Waals surface area contributed by atoms with Crippen molar-refractivity contribution in [2.45, 2.75) is 12.5 Å². The zero-order valence-corrected chi connectivity index (χ0v) is 8.10. The van der Waals surface area contributed by atoms with Crippen molar-refractivity contribution in [2.24, 2.45) is 0 Å². The lowest BCUT2D eigenvalue weighted by molar-refractivity contribution is -0.149. The predicted molar refractivity (Wildman–Crippen MR) is 49.5 cm³/mol. The maximum absolute atomic E-state index is 11.5. The first kappa shape index (κ1) is 9.64. The summed E-state index contributed by atoms with van der Waals surface area (Å²) < 4.78 is 4.56. The second kappa shape index (κ2) is 3.34. The van der Waals surface area contributed by atoms with Crippen molar-refractivity contribution in [2.75, 3.05) is 7.11 Å². The number of esters is 1. The second-order valence-electron chi connectivity index (χ2n) is 3.30. The molecule has 5 nitrogen and oxygen atoms in total. The Balaban J connectivity index is 2.33. The molecule has 78 valence electrons. The highest BCUT2D eigenvalue weighted by Crippen LogP contribution is 2.25. The molecular formula is C10H9NO4. The number of allylic oxidation sites excluding steroid dienone is 2. The average Bonchev–Trinajstić information content (AvgIpc) is 2.60. The highest BCUT2D eigenvalue weighted by molar-refractivity contribution is 6.09. The lowest BCUT2D eigenvalue weighted by Gasteiger charge is -2.26. The van der Waals surface area contributed by atoms with E-state index in [-0.39, 0.29) is 18.1 Å². The number of carbonyl (C=O) groups excluding carboxylic acids is 3. The number of fused-ring (bicyclic) bond motifs is 1. The van der Waals surface area contributed by atoms with Crippen LogP contribution in [0.1, 0.15) is 6.42 Å². The van der Waals surface area contributed by atoms with Gasteiger partial charge in [-0.05, 0) is 12.2 Å². The fourth-order valence-electron chi connectivity index (χ4n) is 1.69. The Hall–Kier alpha value is -1.91. The number of carbonyl (C=O) groups is 3. The highest BCUT2D eigenvalue weighted by atomic mass is 16.5. The molecule has 1 atom stereocenters. The van der Waals surface area contributed by atoms with Crippen LogP contribution >= 0.6 is 0 Å². The summed E-state index contributed by atoms with van der Waals surface area (Å²) in [5, 5.41) is 0. The van der Waals surface area contributed by atoms with E-state index in [1.165, 1.54) is 18.1 Å². The third-order valence-corrected chi connectivity index (χ3v) is 2.35. The first-order valence-corrected chi connectivity index (χ1v) is 4.46. The molecule has 0 unspecified atom stereocenters.